The van der Waals surface area contributed by atoms with Crippen LogP contribution in [0.1, 0.15) is 32.4 Å². The van der Waals surface area contributed by atoms with Crippen molar-refractivity contribution in [1.29, 1.82) is 0 Å². The molecule has 2 heterocycles. The predicted molar refractivity (Wildman–Crippen MR) is 76.8 cm³/mol. The third-order valence-corrected chi connectivity index (χ3v) is 3.38. The van der Waals surface area contributed by atoms with Crippen molar-refractivity contribution < 1.29 is 0 Å². The van der Waals surface area contributed by atoms with Gasteiger partial charge < -0.3 is 5.32 Å². The zero-order valence-electron chi connectivity index (χ0n) is 12.1. The van der Waals surface area contributed by atoms with E-state index in [1.165, 1.54) is 12.0 Å². The van der Waals surface area contributed by atoms with Crippen LogP contribution in [0.5, 0.6) is 0 Å². The molecule has 0 fully saturated rings. The molecule has 106 valence electrons. The second kappa shape index (κ2) is 7.40. The van der Waals surface area contributed by atoms with Gasteiger partial charge in [0.05, 0.1) is 12.2 Å². The number of hydrogen-bond donors (Lipinski definition) is 1. The van der Waals surface area contributed by atoms with Crippen molar-refractivity contribution in [2.45, 2.75) is 39.8 Å². The largest absolute Gasteiger partial charge is 0.311 e. The second-order valence-corrected chi connectivity index (χ2v) is 5.27. The summed E-state index contributed by atoms with van der Waals surface area (Å²) in [5.41, 5.74) is 2.51. The van der Waals surface area contributed by atoms with E-state index in [1.54, 1.807) is 0 Å². The number of nitrogens with zero attached hydrogens (tertiary/aromatic N) is 4. The number of hydrogen-bond acceptors (Lipinski definition) is 4. The molecular formula is C14H25N5. The summed E-state index contributed by atoms with van der Waals surface area (Å²) >= 11 is 0. The summed E-state index contributed by atoms with van der Waals surface area (Å²) in [6, 6.07) is 0. The Morgan fingerprint density at radius 1 is 1.37 bits per heavy atom. The fraction of sp³-hybridized carbons (Fsp3) is 0.714. The molecule has 0 aliphatic carbocycles. The lowest BCUT2D eigenvalue weighted by Crippen LogP contribution is -2.32. The summed E-state index contributed by atoms with van der Waals surface area (Å²) in [6.45, 7) is 10.5. The van der Waals surface area contributed by atoms with E-state index in [9.17, 15) is 0 Å². The molecule has 1 aromatic rings. The van der Waals surface area contributed by atoms with Gasteiger partial charge in [0, 0.05) is 32.4 Å². The Labute approximate surface area is 115 Å². The van der Waals surface area contributed by atoms with Crippen LogP contribution in [0.25, 0.3) is 0 Å². The maximum atomic E-state index is 4.19. The highest BCUT2D eigenvalue weighted by Crippen LogP contribution is 2.08. The van der Waals surface area contributed by atoms with Crippen LogP contribution >= 0.6 is 0 Å². The maximum absolute atomic E-state index is 4.19. The molecule has 0 atom stereocenters. The SMILES string of the molecule is CCCNCc1cn(CCN2CCC=C(C)C2)nn1. The van der Waals surface area contributed by atoms with Crippen LogP contribution in [0, 0.1) is 0 Å². The average Bonchev–Trinajstić information content (AvgIpc) is 2.85. The average molecular weight is 263 g/mol. The molecule has 1 N–H and O–H groups in total. The summed E-state index contributed by atoms with van der Waals surface area (Å²) in [4.78, 5) is 2.48. The van der Waals surface area contributed by atoms with Gasteiger partial charge in [-0.1, -0.05) is 23.8 Å². The van der Waals surface area contributed by atoms with Crippen LogP contribution in [-0.4, -0.2) is 46.1 Å². The Hall–Kier alpha value is -1.20. The van der Waals surface area contributed by atoms with E-state index in [-0.39, 0.29) is 0 Å². The van der Waals surface area contributed by atoms with E-state index >= 15 is 0 Å². The van der Waals surface area contributed by atoms with Crippen molar-refractivity contribution in [1.82, 2.24) is 25.2 Å². The topological polar surface area (TPSA) is 46.0 Å². The zero-order chi connectivity index (χ0) is 13.5. The molecule has 0 unspecified atom stereocenters. The molecule has 0 saturated carbocycles. The molecule has 0 amide bonds. The molecule has 0 spiro atoms. The minimum atomic E-state index is 0.819. The maximum Gasteiger partial charge on any atom is 0.0964 e. The summed E-state index contributed by atoms with van der Waals surface area (Å²) in [5.74, 6) is 0. The Morgan fingerprint density at radius 3 is 3.05 bits per heavy atom. The van der Waals surface area contributed by atoms with Crippen molar-refractivity contribution in [2.75, 3.05) is 26.2 Å². The second-order valence-electron chi connectivity index (χ2n) is 5.27. The van der Waals surface area contributed by atoms with Gasteiger partial charge in [0.15, 0.2) is 0 Å². The zero-order valence-corrected chi connectivity index (χ0v) is 12.1. The third-order valence-electron chi connectivity index (χ3n) is 3.38. The van der Waals surface area contributed by atoms with E-state index in [1.807, 2.05) is 4.68 Å². The Bertz CT molecular complexity index is 410. The minimum absolute atomic E-state index is 0.819. The molecule has 0 bridgehead atoms. The van der Waals surface area contributed by atoms with Gasteiger partial charge in [-0.3, -0.25) is 9.58 Å². The van der Waals surface area contributed by atoms with Crippen LogP contribution in [0.3, 0.4) is 0 Å². The molecule has 19 heavy (non-hydrogen) atoms. The van der Waals surface area contributed by atoms with Crippen LogP contribution in [0.15, 0.2) is 17.8 Å². The van der Waals surface area contributed by atoms with E-state index in [4.69, 9.17) is 0 Å². The normalized spacial score (nSPS) is 16.6. The van der Waals surface area contributed by atoms with Gasteiger partial charge in [0.1, 0.15) is 0 Å². The van der Waals surface area contributed by atoms with Gasteiger partial charge in [-0.05, 0) is 26.3 Å². The lowest BCUT2D eigenvalue weighted by atomic mass is 10.1. The molecule has 0 aromatic carbocycles. The molecule has 2 rings (SSSR count). The van der Waals surface area contributed by atoms with Gasteiger partial charge in [-0.2, -0.15) is 0 Å². The molecule has 5 heteroatoms. The molecule has 0 saturated heterocycles. The molecule has 5 nitrogen and oxygen atoms in total. The van der Waals surface area contributed by atoms with Gasteiger partial charge in [0.2, 0.25) is 0 Å². The van der Waals surface area contributed by atoms with E-state index < -0.39 is 0 Å². The highest BCUT2D eigenvalue weighted by Gasteiger charge is 2.10. The van der Waals surface area contributed by atoms with Crippen molar-refractivity contribution in [3.63, 3.8) is 0 Å². The standard InChI is InChI=1S/C14H25N5/c1-3-6-15-10-14-12-19(17-16-14)9-8-18-7-4-5-13(2)11-18/h5,12,15H,3-4,6-11H2,1-2H3. The predicted octanol–water partition coefficient (Wildman–Crippen LogP) is 1.43. The van der Waals surface area contributed by atoms with Gasteiger partial charge in [0.25, 0.3) is 0 Å². The number of aromatic nitrogens is 3. The Kier molecular flexibility index (Phi) is 5.54. The Balaban J connectivity index is 1.72. The summed E-state index contributed by atoms with van der Waals surface area (Å²) < 4.78 is 1.95. The number of nitrogens with one attached hydrogen (secondary N) is 1. The summed E-state index contributed by atoms with van der Waals surface area (Å²) in [7, 11) is 0. The van der Waals surface area contributed by atoms with E-state index in [2.05, 4.69) is 46.6 Å². The monoisotopic (exact) mass is 263 g/mol. The van der Waals surface area contributed by atoms with Gasteiger partial charge in [-0.25, -0.2) is 0 Å². The first-order valence-electron chi connectivity index (χ1n) is 7.25. The van der Waals surface area contributed by atoms with Crippen LogP contribution < -0.4 is 5.32 Å². The first-order chi connectivity index (χ1) is 9.28. The van der Waals surface area contributed by atoms with Crippen LogP contribution in [0.2, 0.25) is 0 Å². The first kappa shape index (κ1) is 14.2. The molecule has 1 aliphatic heterocycles. The quantitative estimate of drug-likeness (QED) is 0.597. The fourth-order valence-electron chi connectivity index (χ4n) is 2.35. The highest BCUT2D eigenvalue weighted by atomic mass is 15.4. The van der Waals surface area contributed by atoms with Crippen LogP contribution in [0.4, 0.5) is 0 Å². The van der Waals surface area contributed by atoms with Crippen molar-refractivity contribution in [2.24, 2.45) is 0 Å². The van der Waals surface area contributed by atoms with E-state index in [0.717, 1.165) is 51.4 Å². The Morgan fingerprint density at radius 2 is 2.26 bits per heavy atom. The van der Waals surface area contributed by atoms with Gasteiger partial charge >= 0.3 is 0 Å². The molecular weight excluding hydrogens is 238 g/mol. The first-order valence-corrected chi connectivity index (χ1v) is 7.25. The highest BCUT2D eigenvalue weighted by molar-refractivity contribution is 5.04. The fourth-order valence-corrected chi connectivity index (χ4v) is 2.35. The lowest BCUT2D eigenvalue weighted by Gasteiger charge is -2.25. The van der Waals surface area contributed by atoms with Gasteiger partial charge in [-0.15, -0.1) is 5.10 Å². The van der Waals surface area contributed by atoms with Crippen molar-refractivity contribution in [3.05, 3.63) is 23.5 Å². The van der Waals surface area contributed by atoms with Crippen molar-refractivity contribution in [3.8, 4) is 0 Å². The molecule has 1 aromatic heterocycles. The lowest BCUT2D eigenvalue weighted by molar-refractivity contribution is 0.272. The smallest absolute Gasteiger partial charge is 0.0964 e. The van der Waals surface area contributed by atoms with Crippen molar-refractivity contribution >= 4 is 0 Å². The summed E-state index contributed by atoms with van der Waals surface area (Å²) in [5, 5.41) is 11.7. The minimum Gasteiger partial charge on any atom is -0.311 e. The third kappa shape index (κ3) is 4.76. The molecule has 0 radical (unpaired) electrons. The molecule has 1 aliphatic rings. The van der Waals surface area contributed by atoms with Crippen LogP contribution in [-0.2, 0) is 13.1 Å². The summed E-state index contributed by atoms with van der Waals surface area (Å²) in [6.07, 6.45) is 6.71. The van der Waals surface area contributed by atoms with E-state index in [0.29, 0.717) is 0 Å². The number of rotatable bonds is 7.